The summed E-state index contributed by atoms with van der Waals surface area (Å²) in [7, 11) is 1.85. The van der Waals surface area contributed by atoms with Gasteiger partial charge < -0.3 is 20.2 Å². The summed E-state index contributed by atoms with van der Waals surface area (Å²) in [6, 6.07) is 7.68. The van der Waals surface area contributed by atoms with Crippen LogP contribution in [0.25, 0.3) is 11.3 Å². The van der Waals surface area contributed by atoms with Gasteiger partial charge in [-0.15, -0.1) is 10.2 Å². The molecule has 0 aliphatic carbocycles. The van der Waals surface area contributed by atoms with Crippen molar-refractivity contribution in [1.29, 1.82) is 0 Å². The molecule has 0 radical (unpaired) electrons. The topological polar surface area (TPSA) is 147 Å². The van der Waals surface area contributed by atoms with Crippen molar-refractivity contribution in [3.8, 4) is 11.3 Å². The van der Waals surface area contributed by atoms with Crippen molar-refractivity contribution in [1.82, 2.24) is 40.2 Å². The number of aliphatic hydroxyl groups excluding tert-OH is 1. The van der Waals surface area contributed by atoms with Crippen LogP contribution in [0, 0.1) is 0 Å². The molecule has 1 aliphatic rings. The van der Waals surface area contributed by atoms with E-state index in [1.807, 2.05) is 52.2 Å². The van der Waals surface area contributed by atoms with Crippen LogP contribution in [-0.4, -0.2) is 71.6 Å². The quantitative estimate of drug-likeness (QED) is 0.317. The first-order valence-electron chi connectivity index (χ1n) is 13.3. The highest BCUT2D eigenvalue weighted by Crippen LogP contribution is 2.30. The fourth-order valence-electron chi connectivity index (χ4n) is 4.74. The van der Waals surface area contributed by atoms with Crippen LogP contribution in [0.15, 0.2) is 47.3 Å². The lowest BCUT2D eigenvalue weighted by Crippen LogP contribution is -2.40. The van der Waals surface area contributed by atoms with Gasteiger partial charge in [0.2, 0.25) is 11.8 Å². The minimum Gasteiger partial charge on any atom is -0.416 e. The number of amides is 1. The van der Waals surface area contributed by atoms with Gasteiger partial charge >= 0.3 is 11.8 Å². The molecule has 0 saturated heterocycles. The highest BCUT2D eigenvalue weighted by molar-refractivity contribution is 5.89. The Bertz CT molecular complexity index is 1490. The summed E-state index contributed by atoms with van der Waals surface area (Å²) in [5.41, 5.74) is 4.25. The van der Waals surface area contributed by atoms with E-state index in [1.165, 1.54) is 0 Å². The number of anilines is 2. The number of carbonyl (C=O) groups is 1. The molecule has 0 fully saturated rings. The van der Waals surface area contributed by atoms with Crippen LogP contribution in [0.3, 0.4) is 0 Å². The third-order valence-corrected chi connectivity index (χ3v) is 6.66. The number of β-amino-alcohol motifs (C(OH)–C–C–N with tert-alkyl or cyclic N) is 1. The lowest BCUT2D eigenvalue weighted by Gasteiger charge is -2.26. The average Bonchev–Trinajstić information content (AvgIpc) is 3.52. The number of aliphatic hydroxyl groups is 1. The maximum Gasteiger partial charge on any atom is 0.309 e. The summed E-state index contributed by atoms with van der Waals surface area (Å²) in [6.45, 7) is 9.38. The van der Waals surface area contributed by atoms with E-state index < -0.39 is 12.0 Å². The highest BCUT2D eigenvalue weighted by atomic mass is 16.4. The number of hydrogen-bond donors (Lipinski definition) is 3. The molecular weight excluding hydrogens is 510 g/mol. The van der Waals surface area contributed by atoms with Gasteiger partial charge in [-0.3, -0.25) is 14.4 Å². The van der Waals surface area contributed by atoms with Gasteiger partial charge in [0.25, 0.3) is 0 Å². The van der Waals surface area contributed by atoms with Gasteiger partial charge in [0.1, 0.15) is 0 Å². The third-order valence-electron chi connectivity index (χ3n) is 6.66. The maximum atomic E-state index is 13.2. The molecule has 1 unspecified atom stereocenters. The zero-order chi connectivity index (χ0) is 28.4. The SMILES string of the molecule is CC(O)CN1CCc2cc(-c3ccnc(Nc4cnn(C)c4)n3)ccc2[C@H](NC(=O)c2nnc(C(C)(C)C)o2)C1. The lowest BCUT2D eigenvalue weighted by atomic mass is 9.96. The molecule has 1 amide bonds. The summed E-state index contributed by atoms with van der Waals surface area (Å²) >= 11 is 0. The number of fused-ring (bicyclic) bond motifs is 1. The monoisotopic (exact) mass is 545 g/mol. The number of aryl methyl sites for hydroxylation is 1. The Morgan fingerprint density at radius 3 is 2.77 bits per heavy atom. The van der Waals surface area contributed by atoms with Gasteiger partial charge in [-0.1, -0.05) is 32.9 Å². The first kappa shape index (κ1) is 27.4. The Labute approximate surface area is 232 Å². The second-order valence-corrected chi connectivity index (χ2v) is 11.3. The smallest absolute Gasteiger partial charge is 0.309 e. The summed E-state index contributed by atoms with van der Waals surface area (Å²) in [5.74, 6) is 0.386. The minimum atomic E-state index is -0.495. The number of nitrogens with one attached hydrogen (secondary N) is 2. The van der Waals surface area contributed by atoms with Gasteiger partial charge in [-0.05, 0) is 36.6 Å². The van der Waals surface area contributed by atoms with E-state index in [0.29, 0.717) is 24.9 Å². The fraction of sp³-hybridized carbons (Fsp3) is 0.429. The van der Waals surface area contributed by atoms with Crippen LogP contribution in [0.1, 0.15) is 61.4 Å². The van der Waals surface area contributed by atoms with E-state index in [0.717, 1.165) is 41.0 Å². The van der Waals surface area contributed by atoms with E-state index >= 15 is 0 Å². The predicted octanol–water partition coefficient (Wildman–Crippen LogP) is 3.01. The van der Waals surface area contributed by atoms with E-state index in [1.54, 1.807) is 24.0 Å². The summed E-state index contributed by atoms with van der Waals surface area (Å²) in [4.78, 5) is 24.4. The van der Waals surface area contributed by atoms with Gasteiger partial charge in [0, 0.05) is 50.1 Å². The molecule has 0 saturated carbocycles. The summed E-state index contributed by atoms with van der Waals surface area (Å²) in [6.07, 6.45) is 5.54. The molecule has 40 heavy (non-hydrogen) atoms. The number of nitrogens with zero attached hydrogens (tertiary/aromatic N) is 7. The van der Waals surface area contributed by atoms with Gasteiger partial charge in [-0.25, -0.2) is 9.97 Å². The van der Waals surface area contributed by atoms with Crippen LogP contribution in [-0.2, 0) is 18.9 Å². The first-order valence-corrected chi connectivity index (χ1v) is 13.3. The molecule has 4 aromatic rings. The number of aromatic nitrogens is 6. The van der Waals surface area contributed by atoms with Crippen LogP contribution in [0.5, 0.6) is 0 Å². The van der Waals surface area contributed by atoms with E-state index in [9.17, 15) is 9.90 Å². The van der Waals surface area contributed by atoms with E-state index in [-0.39, 0.29) is 17.3 Å². The molecule has 1 aliphatic heterocycles. The molecule has 5 rings (SSSR count). The van der Waals surface area contributed by atoms with Crippen molar-refractivity contribution >= 4 is 17.5 Å². The molecule has 12 nitrogen and oxygen atoms in total. The Hall–Kier alpha value is -4.16. The van der Waals surface area contributed by atoms with Crippen molar-refractivity contribution in [2.24, 2.45) is 7.05 Å². The Morgan fingerprint density at radius 2 is 2.08 bits per heavy atom. The Morgan fingerprint density at radius 1 is 1.25 bits per heavy atom. The van der Waals surface area contributed by atoms with Crippen molar-refractivity contribution < 1.29 is 14.3 Å². The van der Waals surface area contributed by atoms with Gasteiger partial charge in [-0.2, -0.15) is 5.10 Å². The van der Waals surface area contributed by atoms with Crippen LogP contribution in [0.4, 0.5) is 11.6 Å². The summed E-state index contributed by atoms with van der Waals surface area (Å²) < 4.78 is 7.39. The standard InChI is InChI=1S/C28H35N9O3/c1-17(38)14-37-11-9-18-12-19(22-8-10-29-27(33-22)31-20-13-30-36(5)15-20)6-7-21(18)23(16-37)32-24(39)25-34-35-26(40-25)28(2,3)4/h6-8,10,12-13,15,17,23,38H,9,11,14,16H2,1-5H3,(H,32,39)(H,29,31,33)/t17?,23-/m1/s1. The molecule has 1 aromatic carbocycles. The van der Waals surface area contributed by atoms with Gasteiger partial charge in [0.15, 0.2) is 0 Å². The fourth-order valence-corrected chi connectivity index (χ4v) is 4.74. The average molecular weight is 546 g/mol. The lowest BCUT2D eigenvalue weighted by molar-refractivity contribution is 0.0871. The number of carbonyl (C=O) groups excluding carboxylic acids is 1. The van der Waals surface area contributed by atoms with Crippen molar-refractivity contribution in [3.63, 3.8) is 0 Å². The van der Waals surface area contributed by atoms with Crippen molar-refractivity contribution in [3.05, 3.63) is 65.8 Å². The van der Waals surface area contributed by atoms with E-state index in [2.05, 4.69) is 41.9 Å². The van der Waals surface area contributed by atoms with Crippen LogP contribution < -0.4 is 10.6 Å². The molecule has 210 valence electrons. The molecule has 2 atom stereocenters. The van der Waals surface area contributed by atoms with Crippen LogP contribution >= 0.6 is 0 Å². The molecule has 0 bridgehead atoms. The summed E-state index contributed by atoms with van der Waals surface area (Å²) in [5, 5.41) is 28.6. The number of benzene rings is 1. The second kappa shape index (κ2) is 11.1. The molecule has 3 N–H and O–H groups in total. The molecule has 4 heterocycles. The number of rotatable bonds is 7. The Kier molecular flexibility index (Phi) is 7.63. The Balaban J connectivity index is 1.41. The first-order chi connectivity index (χ1) is 19.0. The van der Waals surface area contributed by atoms with Crippen LogP contribution in [0.2, 0.25) is 0 Å². The van der Waals surface area contributed by atoms with E-state index in [4.69, 9.17) is 9.40 Å². The zero-order valence-electron chi connectivity index (χ0n) is 23.4. The minimum absolute atomic E-state index is 0.0657. The molecular formula is C28H35N9O3. The predicted molar refractivity (Wildman–Crippen MR) is 149 cm³/mol. The molecule has 3 aromatic heterocycles. The van der Waals surface area contributed by atoms with Crippen molar-refractivity contribution in [2.45, 2.75) is 51.7 Å². The third kappa shape index (κ3) is 6.35. The number of hydrogen-bond acceptors (Lipinski definition) is 10. The molecule has 0 spiro atoms. The van der Waals surface area contributed by atoms with Crippen molar-refractivity contribution in [2.75, 3.05) is 25.0 Å². The second-order valence-electron chi connectivity index (χ2n) is 11.3. The molecule has 12 heteroatoms. The highest BCUT2D eigenvalue weighted by Gasteiger charge is 2.29. The zero-order valence-corrected chi connectivity index (χ0v) is 23.4. The normalized spacial score (nSPS) is 16.7. The maximum absolute atomic E-state index is 13.2. The van der Waals surface area contributed by atoms with Gasteiger partial charge in [0.05, 0.1) is 29.7 Å². The largest absolute Gasteiger partial charge is 0.416 e.